The molecule has 0 saturated heterocycles. The Bertz CT molecular complexity index is 1010. The molecule has 7 heteroatoms. The van der Waals surface area contributed by atoms with Crippen molar-refractivity contribution in [3.05, 3.63) is 84.2 Å². The quantitative estimate of drug-likeness (QED) is 0.422. The van der Waals surface area contributed by atoms with E-state index < -0.39 is 9.84 Å². The number of benzene rings is 2. The van der Waals surface area contributed by atoms with Crippen molar-refractivity contribution in [1.82, 2.24) is 14.8 Å². The van der Waals surface area contributed by atoms with Crippen LogP contribution < -0.4 is 0 Å². The predicted molar refractivity (Wildman–Crippen MR) is 108 cm³/mol. The lowest BCUT2D eigenvalue weighted by Crippen LogP contribution is -2.11. The molecule has 0 aliphatic carbocycles. The van der Waals surface area contributed by atoms with Crippen LogP contribution in [-0.4, -0.2) is 23.2 Å². The van der Waals surface area contributed by atoms with E-state index in [0.29, 0.717) is 17.5 Å². The molecule has 0 atom stereocenters. The van der Waals surface area contributed by atoms with Crippen molar-refractivity contribution in [3.8, 4) is 0 Å². The number of rotatable bonds is 8. The number of nitrogens with zero attached hydrogens (tertiary/aromatic N) is 3. The predicted octanol–water partition coefficient (Wildman–Crippen LogP) is 4.04. The average molecular weight is 400 g/mol. The lowest BCUT2D eigenvalue weighted by molar-refractivity contribution is 0.590. The number of allylic oxidation sites excluding steroid dienone is 1. The van der Waals surface area contributed by atoms with Gasteiger partial charge >= 0.3 is 0 Å². The van der Waals surface area contributed by atoms with E-state index in [1.807, 2.05) is 4.57 Å². The van der Waals surface area contributed by atoms with Crippen molar-refractivity contribution in [2.75, 3.05) is 0 Å². The highest BCUT2D eigenvalue weighted by atomic mass is 32.2. The van der Waals surface area contributed by atoms with Gasteiger partial charge in [-0.25, -0.2) is 8.42 Å². The Morgan fingerprint density at radius 2 is 1.78 bits per heavy atom. The summed E-state index contributed by atoms with van der Waals surface area (Å²) in [5, 5.41) is 9.03. The molecule has 0 saturated carbocycles. The highest BCUT2D eigenvalue weighted by molar-refractivity contribution is 7.98. The molecule has 0 fully saturated rings. The zero-order valence-electron chi connectivity index (χ0n) is 15.1. The number of hydrogen-bond donors (Lipinski definition) is 0. The second-order valence-corrected chi connectivity index (χ2v) is 9.08. The average Bonchev–Trinajstić information content (AvgIpc) is 3.03. The summed E-state index contributed by atoms with van der Waals surface area (Å²) < 4.78 is 27.1. The van der Waals surface area contributed by atoms with E-state index in [1.165, 1.54) is 22.9 Å². The SMILES string of the molecule is C=CCn1c(CS(=O)(=O)c2ccccc2)nnc1SCc1ccc(C)cc1. The molecule has 3 rings (SSSR count). The summed E-state index contributed by atoms with van der Waals surface area (Å²) in [6.45, 7) is 6.28. The monoisotopic (exact) mass is 399 g/mol. The summed E-state index contributed by atoms with van der Waals surface area (Å²) >= 11 is 1.54. The maximum absolute atomic E-state index is 12.7. The van der Waals surface area contributed by atoms with Crippen molar-refractivity contribution in [3.63, 3.8) is 0 Å². The first-order valence-corrected chi connectivity index (χ1v) is 11.1. The molecule has 27 heavy (non-hydrogen) atoms. The van der Waals surface area contributed by atoms with Gasteiger partial charge < -0.3 is 4.57 Å². The molecule has 0 radical (unpaired) electrons. The summed E-state index contributed by atoms with van der Waals surface area (Å²) in [6, 6.07) is 16.7. The normalized spacial score (nSPS) is 11.4. The van der Waals surface area contributed by atoms with Crippen LogP contribution in [0.15, 0.2) is 77.3 Å². The molecule has 1 heterocycles. The summed E-state index contributed by atoms with van der Waals surface area (Å²) in [5.41, 5.74) is 2.39. The Morgan fingerprint density at radius 3 is 2.44 bits per heavy atom. The van der Waals surface area contributed by atoms with Crippen molar-refractivity contribution in [1.29, 1.82) is 0 Å². The van der Waals surface area contributed by atoms with Gasteiger partial charge in [0.05, 0.1) is 4.90 Å². The van der Waals surface area contributed by atoms with Crippen molar-refractivity contribution >= 4 is 21.6 Å². The van der Waals surface area contributed by atoms with Gasteiger partial charge in [0.15, 0.2) is 15.0 Å². The van der Waals surface area contributed by atoms with Gasteiger partial charge in [-0.15, -0.1) is 16.8 Å². The number of thioether (sulfide) groups is 1. The molecule has 0 N–H and O–H groups in total. The standard InChI is InChI=1S/C20H21N3O2S2/c1-3-13-23-19(15-27(24,25)18-7-5-4-6-8-18)21-22-20(23)26-14-17-11-9-16(2)10-12-17/h3-12H,1,13-15H2,2H3. The van der Waals surface area contributed by atoms with E-state index >= 15 is 0 Å². The van der Waals surface area contributed by atoms with Crippen LogP contribution in [0, 0.1) is 6.92 Å². The van der Waals surface area contributed by atoms with Crippen LogP contribution in [0.5, 0.6) is 0 Å². The Labute approximate surface area is 164 Å². The van der Waals surface area contributed by atoms with Gasteiger partial charge in [-0.3, -0.25) is 0 Å². The van der Waals surface area contributed by atoms with E-state index in [-0.39, 0.29) is 10.6 Å². The van der Waals surface area contributed by atoms with E-state index in [1.54, 1.807) is 36.4 Å². The second-order valence-electron chi connectivity index (χ2n) is 6.14. The lowest BCUT2D eigenvalue weighted by atomic mass is 10.2. The van der Waals surface area contributed by atoms with Crippen LogP contribution in [0.2, 0.25) is 0 Å². The fourth-order valence-electron chi connectivity index (χ4n) is 2.56. The van der Waals surface area contributed by atoms with E-state index in [9.17, 15) is 8.42 Å². The minimum Gasteiger partial charge on any atom is -0.301 e. The van der Waals surface area contributed by atoms with Crippen LogP contribution in [0.1, 0.15) is 17.0 Å². The van der Waals surface area contributed by atoms with Crippen LogP contribution in [-0.2, 0) is 27.9 Å². The van der Waals surface area contributed by atoms with E-state index in [2.05, 4.69) is 48.0 Å². The van der Waals surface area contributed by atoms with Crippen molar-refractivity contribution < 1.29 is 8.42 Å². The molecule has 0 spiro atoms. The van der Waals surface area contributed by atoms with Gasteiger partial charge in [0, 0.05) is 12.3 Å². The van der Waals surface area contributed by atoms with Gasteiger partial charge in [0.2, 0.25) is 0 Å². The molecule has 0 bridgehead atoms. The highest BCUT2D eigenvalue weighted by Gasteiger charge is 2.21. The van der Waals surface area contributed by atoms with Gasteiger partial charge in [0.25, 0.3) is 0 Å². The molecule has 140 valence electrons. The van der Waals surface area contributed by atoms with Crippen LogP contribution in [0.25, 0.3) is 0 Å². The maximum Gasteiger partial charge on any atom is 0.191 e. The number of hydrogen-bond acceptors (Lipinski definition) is 5. The van der Waals surface area contributed by atoms with Crippen LogP contribution in [0.3, 0.4) is 0 Å². The first-order valence-electron chi connectivity index (χ1n) is 8.49. The number of aryl methyl sites for hydroxylation is 1. The Hall–Kier alpha value is -2.38. The molecular formula is C20H21N3O2S2. The molecule has 3 aromatic rings. The van der Waals surface area contributed by atoms with Crippen LogP contribution >= 0.6 is 11.8 Å². The van der Waals surface area contributed by atoms with Gasteiger partial charge in [-0.2, -0.15) is 0 Å². The molecule has 0 aliphatic rings. The summed E-state index contributed by atoms with van der Waals surface area (Å²) in [7, 11) is -3.48. The first kappa shape index (κ1) is 19.4. The third-order valence-corrected chi connectivity index (χ3v) is 6.68. The minimum atomic E-state index is -3.48. The maximum atomic E-state index is 12.7. The number of sulfone groups is 1. The third kappa shape index (κ3) is 4.87. The Kier molecular flexibility index (Phi) is 6.13. The summed E-state index contributed by atoms with van der Waals surface area (Å²) in [6.07, 6.45) is 1.72. The molecule has 0 amide bonds. The Balaban J connectivity index is 1.80. The molecule has 1 aromatic heterocycles. The molecule has 2 aromatic carbocycles. The molecule has 0 aliphatic heterocycles. The minimum absolute atomic E-state index is 0.192. The zero-order valence-corrected chi connectivity index (χ0v) is 16.7. The number of aromatic nitrogens is 3. The largest absolute Gasteiger partial charge is 0.301 e. The molecule has 0 unspecified atom stereocenters. The molecular weight excluding hydrogens is 378 g/mol. The summed E-state index contributed by atoms with van der Waals surface area (Å²) in [5.74, 6) is 0.967. The van der Waals surface area contributed by atoms with E-state index in [0.717, 1.165) is 5.75 Å². The molecule has 5 nitrogen and oxygen atoms in total. The fraction of sp³-hybridized carbons (Fsp3) is 0.200. The Morgan fingerprint density at radius 1 is 1.07 bits per heavy atom. The fourth-order valence-corrected chi connectivity index (χ4v) is 4.77. The smallest absolute Gasteiger partial charge is 0.191 e. The van der Waals surface area contributed by atoms with Gasteiger partial charge in [0.1, 0.15) is 11.6 Å². The van der Waals surface area contributed by atoms with Crippen molar-refractivity contribution in [2.45, 2.75) is 35.0 Å². The van der Waals surface area contributed by atoms with Crippen molar-refractivity contribution in [2.24, 2.45) is 0 Å². The van der Waals surface area contributed by atoms with Gasteiger partial charge in [-0.1, -0.05) is 65.9 Å². The zero-order chi connectivity index (χ0) is 19.3. The summed E-state index contributed by atoms with van der Waals surface area (Å²) in [4.78, 5) is 0.284. The third-order valence-electron chi connectivity index (χ3n) is 4.02. The highest BCUT2D eigenvalue weighted by Crippen LogP contribution is 2.24. The topological polar surface area (TPSA) is 64.8 Å². The van der Waals surface area contributed by atoms with Crippen LogP contribution in [0.4, 0.5) is 0 Å². The van der Waals surface area contributed by atoms with E-state index in [4.69, 9.17) is 0 Å². The van der Waals surface area contributed by atoms with Gasteiger partial charge in [-0.05, 0) is 24.6 Å². The second kappa shape index (κ2) is 8.54. The lowest BCUT2D eigenvalue weighted by Gasteiger charge is -2.08. The first-order chi connectivity index (χ1) is 13.0.